The van der Waals surface area contributed by atoms with Gasteiger partial charge in [0.05, 0.1) is 11.3 Å². The molecule has 1 aliphatic carbocycles. The molecule has 2 unspecified atom stereocenters. The Morgan fingerprint density at radius 1 is 0.970 bits per heavy atom. The van der Waals surface area contributed by atoms with Crippen molar-refractivity contribution in [3.05, 3.63) is 72.1 Å². The number of benzene rings is 2. The molecule has 1 saturated heterocycles. The number of aromatic nitrogens is 2. The number of para-hydroxylation sites is 1. The van der Waals surface area contributed by atoms with E-state index >= 15 is 0 Å². The van der Waals surface area contributed by atoms with Gasteiger partial charge in [0.15, 0.2) is 0 Å². The Morgan fingerprint density at radius 2 is 1.61 bits per heavy atom. The van der Waals surface area contributed by atoms with E-state index in [0.717, 1.165) is 49.1 Å². The lowest BCUT2D eigenvalue weighted by atomic mass is 10.0. The van der Waals surface area contributed by atoms with Crippen molar-refractivity contribution in [1.82, 2.24) is 15.3 Å². The minimum atomic E-state index is 0.298. The van der Waals surface area contributed by atoms with E-state index in [1.54, 1.807) is 0 Å². The van der Waals surface area contributed by atoms with Gasteiger partial charge in [-0.3, -0.25) is 5.41 Å². The van der Waals surface area contributed by atoms with Crippen LogP contribution in [0, 0.1) is 17.2 Å². The fourth-order valence-corrected chi connectivity index (χ4v) is 4.69. The zero-order valence-electron chi connectivity index (χ0n) is 19.2. The van der Waals surface area contributed by atoms with Crippen LogP contribution in [0.3, 0.4) is 0 Å². The van der Waals surface area contributed by atoms with Gasteiger partial charge in [0.1, 0.15) is 29.5 Å². The maximum Gasteiger partial charge on any atom is 0.141 e. The van der Waals surface area contributed by atoms with Crippen LogP contribution < -0.4 is 21.1 Å². The number of hydrogen-bond acceptors (Lipinski definition) is 7. The van der Waals surface area contributed by atoms with Crippen LogP contribution in [0.2, 0.25) is 0 Å². The van der Waals surface area contributed by atoms with Gasteiger partial charge in [-0.2, -0.15) is 0 Å². The third-order valence-electron chi connectivity index (χ3n) is 6.24. The van der Waals surface area contributed by atoms with Crippen LogP contribution in [0.25, 0.3) is 0 Å². The van der Waals surface area contributed by atoms with Crippen LogP contribution in [0.15, 0.2) is 60.9 Å². The molecule has 2 aliphatic rings. The maximum absolute atomic E-state index is 8.79. The fourth-order valence-electron chi connectivity index (χ4n) is 4.69. The molecular formula is C26H32N6O. The van der Waals surface area contributed by atoms with Crippen molar-refractivity contribution < 1.29 is 4.74 Å². The standard InChI is InChI=1S/C24H26N6O.C2H6/c25-22(15-6-8-20(9-7-15)31-19-4-2-1-3-5-19)21-23(26)28-14-29-24(21)30-18-10-16-12-27-13-17(16)11-18;1-2/h1-9,14,16-18,25,27H,10-13H2,(H3,26,28,29,30);1-2H3. The van der Waals surface area contributed by atoms with Crippen LogP contribution in [0.5, 0.6) is 11.5 Å². The molecule has 7 heteroatoms. The Morgan fingerprint density at radius 3 is 2.27 bits per heavy atom. The molecule has 0 bridgehead atoms. The van der Waals surface area contributed by atoms with Crippen molar-refractivity contribution >= 4 is 17.3 Å². The molecule has 2 atom stereocenters. The second-order valence-electron chi connectivity index (χ2n) is 8.29. The predicted octanol–water partition coefficient (Wildman–Crippen LogP) is 4.70. The van der Waals surface area contributed by atoms with E-state index < -0.39 is 0 Å². The zero-order chi connectivity index (χ0) is 23.2. The minimum Gasteiger partial charge on any atom is -0.457 e. The number of nitrogens with two attached hydrogens (primary N) is 1. The van der Waals surface area contributed by atoms with Crippen LogP contribution in [-0.4, -0.2) is 34.8 Å². The van der Waals surface area contributed by atoms with E-state index in [2.05, 4.69) is 20.6 Å². The summed E-state index contributed by atoms with van der Waals surface area (Å²) >= 11 is 0. The van der Waals surface area contributed by atoms with E-state index in [9.17, 15) is 0 Å². The number of rotatable bonds is 6. The predicted molar refractivity (Wildman–Crippen MR) is 133 cm³/mol. The van der Waals surface area contributed by atoms with E-state index in [1.165, 1.54) is 6.33 Å². The van der Waals surface area contributed by atoms with Gasteiger partial charge >= 0.3 is 0 Å². The summed E-state index contributed by atoms with van der Waals surface area (Å²) in [7, 11) is 0. The Bertz CT molecular complexity index is 1060. The van der Waals surface area contributed by atoms with Gasteiger partial charge < -0.3 is 21.1 Å². The monoisotopic (exact) mass is 444 g/mol. The number of fused-ring (bicyclic) bond motifs is 1. The molecule has 3 aromatic rings. The Kier molecular flexibility index (Phi) is 7.19. The first kappa shape index (κ1) is 22.7. The zero-order valence-corrected chi connectivity index (χ0v) is 19.2. The lowest BCUT2D eigenvalue weighted by Crippen LogP contribution is -2.23. The topological polar surface area (TPSA) is 109 Å². The molecule has 5 N–H and O–H groups in total. The van der Waals surface area contributed by atoms with Gasteiger partial charge in [-0.1, -0.05) is 32.0 Å². The van der Waals surface area contributed by atoms with E-state index in [0.29, 0.717) is 34.7 Å². The molecule has 0 spiro atoms. The lowest BCUT2D eigenvalue weighted by molar-refractivity contribution is 0.482. The summed E-state index contributed by atoms with van der Waals surface area (Å²) in [5.41, 5.74) is 7.77. The Balaban J connectivity index is 0.00000126. The fraction of sp³-hybridized carbons (Fsp3) is 0.346. The van der Waals surface area contributed by atoms with Gasteiger partial charge in [0.25, 0.3) is 0 Å². The molecule has 1 aliphatic heterocycles. The molecule has 2 aromatic carbocycles. The molecule has 33 heavy (non-hydrogen) atoms. The second-order valence-corrected chi connectivity index (χ2v) is 8.29. The molecular weight excluding hydrogens is 412 g/mol. The van der Waals surface area contributed by atoms with Gasteiger partial charge in [-0.25, -0.2) is 9.97 Å². The summed E-state index contributed by atoms with van der Waals surface area (Å²) < 4.78 is 5.85. The molecule has 5 rings (SSSR count). The molecule has 1 saturated carbocycles. The van der Waals surface area contributed by atoms with Crippen LogP contribution in [0.4, 0.5) is 11.6 Å². The molecule has 7 nitrogen and oxygen atoms in total. The van der Waals surface area contributed by atoms with Gasteiger partial charge in [0.2, 0.25) is 0 Å². The van der Waals surface area contributed by atoms with Crippen molar-refractivity contribution in [2.24, 2.45) is 11.8 Å². The summed E-state index contributed by atoms with van der Waals surface area (Å²) in [6, 6.07) is 17.4. The average Bonchev–Trinajstić information content (AvgIpc) is 3.43. The van der Waals surface area contributed by atoms with Crippen LogP contribution in [0.1, 0.15) is 37.8 Å². The van der Waals surface area contributed by atoms with E-state index in [4.69, 9.17) is 15.9 Å². The van der Waals surface area contributed by atoms with Gasteiger partial charge in [0, 0.05) is 11.6 Å². The Labute approximate surface area is 195 Å². The van der Waals surface area contributed by atoms with Crippen LogP contribution in [-0.2, 0) is 0 Å². The molecule has 0 amide bonds. The third kappa shape index (κ3) is 5.14. The molecule has 2 fully saturated rings. The number of ether oxygens (including phenoxy) is 1. The number of hydrogen-bond donors (Lipinski definition) is 4. The quantitative estimate of drug-likeness (QED) is 0.410. The van der Waals surface area contributed by atoms with E-state index in [-0.39, 0.29) is 0 Å². The summed E-state index contributed by atoms with van der Waals surface area (Å²) in [5, 5.41) is 15.8. The first-order valence-electron chi connectivity index (χ1n) is 11.7. The van der Waals surface area contributed by atoms with Gasteiger partial charge in [-0.05, 0) is 74.2 Å². The van der Waals surface area contributed by atoms with Crippen molar-refractivity contribution in [3.8, 4) is 11.5 Å². The van der Waals surface area contributed by atoms with Crippen molar-refractivity contribution in [3.63, 3.8) is 0 Å². The number of nitrogens with zero attached hydrogens (tertiary/aromatic N) is 2. The van der Waals surface area contributed by atoms with Crippen molar-refractivity contribution in [2.45, 2.75) is 32.7 Å². The average molecular weight is 445 g/mol. The van der Waals surface area contributed by atoms with E-state index in [1.807, 2.05) is 68.4 Å². The molecule has 172 valence electrons. The highest BCUT2D eigenvalue weighted by Crippen LogP contribution is 2.36. The Hall–Kier alpha value is -3.45. The molecule has 1 aromatic heterocycles. The molecule has 0 radical (unpaired) electrons. The normalized spacial score (nSPS) is 21.0. The third-order valence-corrected chi connectivity index (χ3v) is 6.24. The smallest absolute Gasteiger partial charge is 0.141 e. The first-order chi connectivity index (χ1) is 16.2. The highest BCUT2D eigenvalue weighted by molar-refractivity contribution is 6.16. The van der Waals surface area contributed by atoms with Crippen molar-refractivity contribution in [1.29, 1.82) is 5.41 Å². The summed E-state index contributed by atoms with van der Waals surface area (Å²) in [4.78, 5) is 8.58. The second kappa shape index (κ2) is 10.4. The van der Waals surface area contributed by atoms with Crippen LogP contribution >= 0.6 is 0 Å². The summed E-state index contributed by atoms with van der Waals surface area (Å²) in [6.07, 6.45) is 3.68. The maximum atomic E-state index is 8.79. The summed E-state index contributed by atoms with van der Waals surface area (Å²) in [5.74, 6) is 3.87. The lowest BCUT2D eigenvalue weighted by Gasteiger charge is -2.18. The minimum absolute atomic E-state index is 0.298. The molecule has 2 heterocycles. The number of anilines is 2. The van der Waals surface area contributed by atoms with Crippen molar-refractivity contribution in [2.75, 3.05) is 24.1 Å². The summed E-state index contributed by atoms with van der Waals surface area (Å²) in [6.45, 7) is 6.18. The SMILES string of the molecule is CC.N=C(c1ccc(Oc2ccccc2)cc1)c1c(N)ncnc1NC1CC2CNCC2C1. The van der Waals surface area contributed by atoms with Gasteiger partial charge in [-0.15, -0.1) is 0 Å². The highest BCUT2D eigenvalue weighted by Gasteiger charge is 2.37. The number of nitrogen functional groups attached to an aromatic ring is 1. The number of nitrogens with one attached hydrogen (secondary N) is 3. The highest BCUT2D eigenvalue weighted by atomic mass is 16.5. The largest absolute Gasteiger partial charge is 0.457 e. The first-order valence-corrected chi connectivity index (χ1v) is 11.7.